The van der Waals surface area contributed by atoms with Gasteiger partial charge in [0.2, 0.25) is 5.91 Å². The van der Waals surface area contributed by atoms with E-state index in [1.165, 1.54) is 5.56 Å². The van der Waals surface area contributed by atoms with Crippen LogP contribution >= 0.6 is 0 Å². The molecule has 5 rings (SSSR count). The van der Waals surface area contributed by atoms with Gasteiger partial charge in [-0.1, -0.05) is 24.3 Å². The highest BCUT2D eigenvalue weighted by Crippen LogP contribution is 2.37. The molecule has 8 heteroatoms. The number of fused-ring (bicyclic) bond motifs is 3. The molecule has 156 valence electrons. The molecule has 4 heterocycles. The van der Waals surface area contributed by atoms with E-state index in [9.17, 15) is 14.4 Å². The Morgan fingerprint density at radius 2 is 1.94 bits per heavy atom. The fourth-order valence-corrected chi connectivity index (χ4v) is 4.34. The summed E-state index contributed by atoms with van der Waals surface area (Å²) >= 11 is 0. The molecule has 8 nitrogen and oxygen atoms in total. The summed E-state index contributed by atoms with van der Waals surface area (Å²) < 4.78 is 1.05. The molecular weight excluding hydrogens is 394 g/mol. The molecule has 3 aromatic heterocycles. The van der Waals surface area contributed by atoms with Crippen molar-refractivity contribution in [2.45, 2.75) is 25.9 Å². The van der Waals surface area contributed by atoms with E-state index in [0.717, 1.165) is 44.8 Å². The Hall–Kier alpha value is -3.94. The molecule has 0 spiro atoms. The second-order valence-corrected chi connectivity index (χ2v) is 7.74. The smallest absolute Gasteiger partial charge is 0.265 e. The molecule has 1 atom stereocenters. The number of para-hydroxylation sites is 1. The summed E-state index contributed by atoms with van der Waals surface area (Å²) in [5.41, 5.74) is 3.89. The summed E-state index contributed by atoms with van der Waals surface area (Å²) in [5, 5.41) is 3.57. The maximum absolute atomic E-state index is 13.3. The van der Waals surface area contributed by atoms with Crippen LogP contribution in [-0.2, 0) is 17.8 Å². The topological polar surface area (TPSA) is 104 Å². The summed E-state index contributed by atoms with van der Waals surface area (Å²) in [6.45, 7) is 2.16. The predicted molar refractivity (Wildman–Crippen MR) is 116 cm³/mol. The third-order valence-corrected chi connectivity index (χ3v) is 5.73. The zero-order valence-electron chi connectivity index (χ0n) is 17.0. The predicted octanol–water partition coefficient (Wildman–Crippen LogP) is 1.90. The Kier molecular flexibility index (Phi) is 4.54. The quantitative estimate of drug-likeness (QED) is 0.533. The van der Waals surface area contributed by atoms with Crippen molar-refractivity contribution in [2.24, 2.45) is 0 Å². The van der Waals surface area contributed by atoms with E-state index in [-0.39, 0.29) is 12.5 Å². The van der Waals surface area contributed by atoms with Crippen molar-refractivity contribution in [3.8, 4) is 0 Å². The fraction of sp³-hybridized carbons (Fsp3) is 0.217. The Morgan fingerprint density at radius 3 is 2.77 bits per heavy atom. The molecule has 0 saturated carbocycles. The Balaban J connectivity index is 1.61. The number of rotatable bonds is 3. The fourth-order valence-electron chi connectivity index (χ4n) is 4.34. The molecule has 0 radical (unpaired) electrons. The van der Waals surface area contributed by atoms with Crippen LogP contribution in [0.5, 0.6) is 0 Å². The van der Waals surface area contributed by atoms with E-state index < -0.39 is 17.2 Å². The summed E-state index contributed by atoms with van der Waals surface area (Å²) in [6, 6.07) is 15.8. The van der Waals surface area contributed by atoms with Gasteiger partial charge >= 0.3 is 0 Å². The summed E-state index contributed by atoms with van der Waals surface area (Å²) in [6.07, 6.45) is 0.688. The number of nitrogens with zero attached hydrogens (tertiary/aromatic N) is 3. The highest BCUT2D eigenvalue weighted by atomic mass is 16.2. The van der Waals surface area contributed by atoms with Crippen molar-refractivity contribution in [3.05, 3.63) is 98.0 Å². The van der Waals surface area contributed by atoms with E-state index in [1.54, 1.807) is 4.90 Å². The minimum Gasteiger partial charge on any atom is -0.356 e. The van der Waals surface area contributed by atoms with Crippen LogP contribution in [-0.4, -0.2) is 37.1 Å². The second kappa shape index (κ2) is 7.39. The van der Waals surface area contributed by atoms with Crippen molar-refractivity contribution in [2.75, 3.05) is 6.54 Å². The zero-order valence-corrected chi connectivity index (χ0v) is 17.0. The molecule has 0 aliphatic carbocycles. The highest BCUT2D eigenvalue weighted by Gasteiger charge is 2.35. The van der Waals surface area contributed by atoms with Crippen LogP contribution in [0.2, 0.25) is 0 Å². The number of aryl methyl sites for hydroxylation is 1. The van der Waals surface area contributed by atoms with Crippen LogP contribution in [0.15, 0.2) is 64.2 Å². The van der Waals surface area contributed by atoms with E-state index in [2.05, 4.69) is 16.1 Å². The Labute approximate surface area is 177 Å². The second-order valence-electron chi connectivity index (χ2n) is 7.74. The SMILES string of the molecule is Cc1cccc(C2c3[nH]c4ccccc4c3CCN2C(=O)Cn2[nH]c(=O)ccc2=O)n1. The Morgan fingerprint density at radius 1 is 1.10 bits per heavy atom. The van der Waals surface area contributed by atoms with Crippen LogP contribution < -0.4 is 11.1 Å². The zero-order chi connectivity index (χ0) is 21.5. The van der Waals surface area contributed by atoms with E-state index in [4.69, 9.17) is 4.98 Å². The number of benzene rings is 1. The standard InChI is InChI=1S/C23H21N5O3/c1-14-5-4-8-18(24-14)23-22-16(15-6-2-3-7-17(15)25-22)11-12-27(23)21(31)13-28-20(30)10-9-19(29)26-28/h2-10,23,25H,11-13H2,1H3,(H,26,29). The number of nitrogens with one attached hydrogen (secondary N) is 2. The van der Waals surface area contributed by atoms with Gasteiger partial charge in [0, 0.05) is 41.0 Å². The number of amides is 1. The first-order valence-corrected chi connectivity index (χ1v) is 10.1. The molecule has 0 bridgehead atoms. The van der Waals surface area contributed by atoms with E-state index >= 15 is 0 Å². The largest absolute Gasteiger partial charge is 0.356 e. The van der Waals surface area contributed by atoms with Crippen LogP contribution in [0.3, 0.4) is 0 Å². The van der Waals surface area contributed by atoms with Gasteiger partial charge in [-0.15, -0.1) is 0 Å². The third-order valence-electron chi connectivity index (χ3n) is 5.73. The van der Waals surface area contributed by atoms with Gasteiger partial charge in [-0.2, -0.15) is 0 Å². The maximum atomic E-state index is 13.3. The number of aromatic amines is 2. The molecule has 1 unspecified atom stereocenters. The first-order valence-electron chi connectivity index (χ1n) is 10.1. The molecule has 31 heavy (non-hydrogen) atoms. The number of H-pyrrole nitrogens is 2. The summed E-state index contributed by atoms with van der Waals surface area (Å²) in [5.74, 6) is -0.262. The molecule has 0 saturated heterocycles. The average Bonchev–Trinajstić information content (AvgIpc) is 3.14. The third kappa shape index (κ3) is 3.35. The minimum atomic E-state index is -0.430. The normalized spacial score (nSPS) is 15.8. The molecule has 1 aliphatic heterocycles. The number of hydrogen-bond acceptors (Lipinski definition) is 4. The van der Waals surface area contributed by atoms with Gasteiger partial charge in [-0.3, -0.25) is 24.5 Å². The molecule has 2 N–H and O–H groups in total. The van der Waals surface area contributed by atoms with Gasteiger partial charge in [0.05, 0.1) is 5.69 Å². The van der Waals surface area contributed by atoms with Gasteiger partial charge in [-0.05, 0) is 37.1 Å². The lowest BCUT2D eigenvalue weighted by Gasteiger charge is -2.35. The lowest BCUT2D eigenvalue weighted by molar-refractivity contribution is -0.134. The number of pyridine rings is 1. The first-order chi connectivity index (χ1) is 15.0. The van der Waals surface area contributed by atoms with Gasteiger partial charge < -0.3 is 9.88 Å². The molecular formula is C23H21N5O3. The molecule has 0 fully saturated rings. The molecule has 1 aromatic carbocycles. The molecule has 1 amide bonds. The van der Waals surface area contributed by atoms with Gasteiger partial charge in [0.1, 0.15) is 12.6 Å². The summed E-state index contributed by atoms with van der Waals surface area (Å²) in [7, 11) is 0. The number of carbonyl (C=O) groups excluding carboxylic acids is 1. The van der Waals surface area contributed by atoms with Crippen molar-refractivity contribution in [3.63, 3.8) is 0 Å². The van der Waals surface area contributed by atoms with E-state index in [0.29, 0.717) is 13.0 Å². The van der Waals surface area contributed by atoms with Crippen molar-refractivity contribution >= 4 is 16.8 Å². The van der Waals surface area contributed by atoms with Crippen LogP contribution in [0.25, 0.3) is 10.9 Å². The average molecular weight is 415 g/mol. The lowest BCUT2D eigenvalue weighted by atomic mass is 9.94. The first kappa shape index (κ1) is 19.0. The molecule has 1 aliphatic rings. The monoisotopic (exact) mass is 415 g/mol. The minimum absolute atomic E-state index is 0.243. The van der Waals surface area contributed by atoms with Gasteiger partial charge in [0.25, 0.3) is 11.1 Å². The Bertz CT molecular complexity index is 1410. The number of hydrogen-bond donors (Lipinski definition) is 2. The van der Waals surface area contributed by atoms with Crippen molar-refractivity contribution in [1.29, 1.82) is 0 Å². The number of aromatic nitrogens is 4. The number of carbonyl (C=O) groups is 1. The van der Waals surface area contributed by atoms with E-state index in [1.807, 2.05) is 43.3 Å². The van der Waals surface area contributed by atoms with Gasteiger partial charge in [0.15, 0.2) is 0 Å². The summed E-state index contributed by atoms with van der Waals surface area (Å²) in [4.78, 5) is 47.0. The van der Waals surface area contributed by atoms with Crippen LogP contribution in [0.4, 0.5) is 0 Å². The van der Waals surface area contributed by atoms with Crippen molar-refractivity contribution in [1.82, 2.24) is 24.6 Å². The molecule has 4 aromatic rings. The van der Waals surface area contributed by atoms with Crippen LogP contribution in [0, 0.1) is 6.92 Å². The maximum Gasteiger partial charge on any atom is 0.265 e. The van der Waals surface area contributed by atoms with Gasteiger partial charge in [-0.25, -0.2) is 4.68 Å². The van der Waals surface area contributed by atoms with Crippen molar-refractivity contribution < 1.29 is 4.79 Å². The highest BCUT2D eigenvalue weighted by molar-refractivity contribution is 5.86. The van der Waals surface area contributed by atoms with Crippen LogP contribution in [0.1, 0.15) is 28.7 Å². The lowest BCUT2D eigenvalue weighted by Crippen LogP contribution is -2.44.